The summed E-state index contributed by atoms with van der Waals surface area (Å²) in [6, 6.07) is 8.92. The van der Waals surface area contributed by atoms with Crippen molar-refractivity contribution in [3.8, 4) is 0 Å². The van der Waals surface area contributed by atoms with Crippen molar-refractivity contribution in [2.45, 2.75) is 83.2 Å². The zero-order valence-corrected chi connectivity index (χ0v) is 23.5. The number of hydrogen-bond acceptors (Lipinski definition) is 6. The molecule has 0 aromatic heterocycles. The number of ketones is 2. The molecule has 6 atom stereocenters. The van der Waals surface area contributed by atoms with Crippen LogP contribution in [0.15, 0.2) is 47.1 Å². The lowest BCUT2D eigenvalue weighted by Crippen LogP contribution is -2.65. The van der Waals surface area contributed by atoms with E-state index < -0.39 is 11.6 Å². The number of rotatable bonds is 4. The number of carbonyl (C=O) groups is 2. The van der Waals surface area contributed by atoms with Crippen molar-refractivity contribution in [2.24, 2.45) is 17.3 Å². The van der Waals surface area contributed by atoms with Crippen LogP contribution in [-0.2, 0) is 23.8 Å². The average Bonchev–Trinajstić information content (AvgIpc) is 3.18. The number of carbonyl (C=O) groups excluding carboxylic acids is 2. The van der Waals surface area contributed by atoms with Crippen molar-refractivity contribution in [3.63, 3.8) is 0 Å². The molecule has 1 aromatic carbocycles. The first-order valence-corrected chi connectivity index (χ1v) is 14.4. The van der Waals surface area contributed by atoms with E-state index in [2.05, 4.69) is 50.2 Å². The number of nitrogens with zero attached hydrogens (tertiary/aromatic N) is 1. The standard InChI is InChI=1S/C32H41NO5/c1-6-36-31(3)37-19-28(35)32(38-31)16-15-27-25-13-9-21-17-23(34)12-14-24(21)29(25)26(18-30(27,32)2)20-7-10-22(11-8-20)33(4)5/h7-8,10-11,17,25-27H,6,9,12-16,18-19H2,1-5H3/t25-,26+,27-,30-,31?,32-/m0/s1. The Hall–Kier alpha value is -2.28. The first-order valence-electron chi connectivity index (χ1n) is 14.4. The fourth-order valence-corrected chi connectivity index (χ4v) is 8.63. The van der Waals surface area contributed by atoms with Crippen molar-refractivity contribution in [2.75, 3.05) is 32.2 Å². The first-order chi connectivity index (χ1) is 18.1. The molecule has 0 N–H and O–H groups in total. The topological polar surface area (TPSA) is 65.1 Å². The number of hydrogen-bond donors (Lipinski definition) is 0. The van der Waals surface area contributed by atoms with Gasteiger partial charge in [0.05, 0.1) is 0 Å². The van der Waals surface area contributed by atoms with Crippen molar-refractivity contribution in [1.29, 1.82) is 0 Å². The highest BCUT2D eigenvalue weighted by molar-refractivity contribution is 5.93. The van der Waals surface area contributed by atoms with Gasteiger partial charge in [0.1, 0.15) is 12.2 Å². The van der Waals surface area contributed by atoms with Crippen LogP contribution in [0.25, 0.3) is 0 Å². The molecule has 0 bridgehead atoms. The fraction of sp³-hybridized carbons (Fsp3) is 0.625. The van der Waals surface area contributed by atoms with E-state index >= 15 is 0 Å². The van der Waals surface area contributed by atoms with Gasteiger partial charge in [-0.15, -0.1) is 0 Å². The van der Waals surface area contributed by atoms with Gasteiger partial charge in [0.15, 0.2) is 11.6 Å². The maximum Gasteiger partial charge on any atom is 0.281 e. The summed E-state index contributed by atoms with van der Waals surface area (Å²) >= 11 is 0. The molecule has 1 heterocycles. The Bertz CT molecular complexity index is 1210. The number of fused-ring (bicyclic) bond motifs is 5. The van der Waals surface area contributed by atoms with Crippen LogP contribution in [0.4, 0.5) is 5.69 Å². The molecule has 6 nitrogen and oxygen atoms in total. The fourth-order valence-electron chi connectivity index (χ4n) is 8.63. The maximum absolute atomic E-state index is 13.8. The molecule has 204 valence electrons. The van der Waals surface area contributed by atoms with Gasteiger partial charge in [-0.3, -0.25) is 9.59 Å². The highest BCUT2D eigenvalue weighted by Crippen LogP contribution is 2.68. The monoisotopic (exact) mass is 519 g/mol. The van der Waals surface area contributed by atoms with E-state index in [0.717, 1.165) is 32.1 Å². The van der Waals surface area contributed by atoms with Gasteiger partial charge in [0, 0.05) is 51.1 Å². The number of allylic oxidation sites excluding steroid dienone is 4. The third kappa shape index (κ3) is 3.78. The molecule has 0 radical (unpaired) electrons. The van der Waals surface area contributed by atoms with Gasteiger partial charge >= 0.3 is 0 Å². The van der Waals surface area contributed by atoms with Gasteiger partial charge in [0.2, 0.25) is 0 Å². The van der Waals surface area contributed by atoms with Crippen molar-refractivity contribution < 1.29 is 23.8 Å². The van der Waals surface area contributed by atoms with Crippen LogP contribution in [0.2, 0.25) is 0 Å². The van der Waals surface area contributed by atoms with E-state index in [-0.39, 0.29) is 29.5 Å². The minimum Gasteiger partial charge on any atom is -0.378 e. The summed E-state index contributed by atoms with van der Waals surface area (Å²) in [6.45, 7) is 6.52. The lowest BCUT2D eigenvalue weighted by atomic mass is 9.50. The minimum atomic E-state index is -1.21. The third-order valence-electron chi connectivity index (χ3n) is 10.3. The molecule has 5 aliphatic rings. The van der Waals surface area contributed by atoms with Gasteiger partial charge in [-0.2, -0.15) is 0 Å². The van der Waals surface area contributed by atoms with Gasteiger partial charge in [-0.1, -0.05) is 24.6 Å². The summed E-state index contributed by atoms with van der Waals surface area (Å²) in [5.74, 6) is -0.00593. The Morgan fingerprint density at radius 3 is 2.53 bits per heavy atom. The second-order valence-corrected chi connectivity index (χ2v) is 12.5. The molecule has 1 unspecified atom stereocenters. The number of ether oxygens (including phenoxy) is 3. The van der Waals surface area contributed by atoms with Crippen LogP contribution in [0, 0.1) is 17.3 Å². The molecule has 3 fully saturated rings. The van der Waals surface area contributed by atoms with Crippen LogP contribution in [0.3, 0.4) is 0 Å². The zero-order valence-electron chi connectivity index (χ0n) is 23.5. The Labute approximate surface area is 226 Å². The van der Waals surface area contributed by atoms with E-state index in [1.54, 1.807) is 0 Å². The third-order valence-corrected chi connectivity index (χ3v) is 10.3. The summed E-state index contributed by atoms with van der Waals surface area (Å²) in [7, 11) is 4.12. The lowest BCUT2D eigenvalue weighted by molar-refractivity contribution is -0.419. The van der Waals surface area contributed by atoms with E-state index in [9.17, 15) is 9.59 Å². The van der Waals surface area contributed by atoms with Crippen LogP contribution < -0.4 is 4.90 Å². The molecule has 1 spiro atoms. The van der Waals surface area contributed by atoms with Gasteiger partial charge in [0.25, 0.3) is 5.97 Å². The van der Waals surface area contributed by atoms with Crippen LogP contribution in [0.1, 0.15) is 77.2 Å². The minimum absolute atomic E-state index is 0.0224. The Morgan fingerprint density at radius 2 is 1.82 bits per heavy atom. The van der Waals surface area contributed by atoms with Gasteiger partial charge in [-0.05, 0) is 92.2 Å². The molecular weight excluding hydrogens is 478 g/mol. The summed E-state index contributed by atoms with van der Waals surface area (Å²) < 4.78 is 18.4. The molecule has 1 saturated heterocycles. The quantitative estimate of drug-likeness (QED) is 0.507. The largest absolute Gasteiger partial charge is 0.378 e. The summed E-state index contributed by atoms with van der Waals surface area (Å²) in [6.07, 6.45) is 7.80. The average molecular weight is 520 g/mol. The van der Waals surface area contributed by atoms with E-state index in [4.69, 9.17) is 14.2 Å². The molecule has 6 heteroatoms. The normalized spacial score (nSPS) is 38.6. The predicted molar refractivity (Wildman–Crippen MR) is 146 cm³/mol. The molecule has 1 aliphatic heterocycles. The highest BCUT2D eigenvalue weighted by Gasteiger charge is 2.69. The zero-order chi connectivity index (χ0) is 26.9. The molecule has 2 saturated carbocycles. The number of anilines is 1. The maximum atomic E-state index is 13.8. The van der Waals surface area contributed by atoms with Crippen LogP contribution in [-0.4, -0.2) is 50.4 Å². The molecule has 0 amide bonds. The van der Waals surface area contributed by atoms with Crippen LogP contribution in [0.5, 0.6) is 0 Å². The van der Waals surface area contributed by atoms with Crippen molar-refractivity contribution in [3.05, 3.63) is 52.6 Å². The summed E-state index contributed by atoms with van der Waals surface area (Å²) in [5, 5.41) is 0. The first kappa shape index (κ1) is 26.0. The highest BCUT2D eigenvalue weighted by atomic mass is 16.9. The van der Waals surface area contributed by atoms with Crippen LogP contribution >= 0.6 is 0 Å². The van der Waals surface area contributed by atoms with E-state index in [1.165, 1.54) is 28.0 Å². The predicted octanol–water partition coefficient (Wildman–Crippen LogP) is 5.72. The molecular formula is C32H41NO5. The number of benzene rings is 1. The molecule has 4 aliphatic carbocycles. The number of Topliss-reactive ketones (excluding diaryl/α,β-unsaturated/α-hetero) is 1. The SMILES string of the molecule is CCOC1(C)OCC(=O)[C@]2(CC[C@H]3[C@@H]4CCC5=CC(=O)CCC5=C4[C@@H](c4ccc(N(C)C)cc4)C[C@@]32C)O1. The lowest BCUT2D eigenvalue weighted by Gasteiger charge is -2.57. The summed E-state index contributed by atoms with van der Waals surface area (Å²) in [5.41, 5.74) is 5.39. The molecule has 1 aromatic rings. The molecule has 6 rings (SSSR count). The van der Waals surface area contributed by atoms with Crippen molar-refractivity contribution in [1.82, 2.24) is 0 Å². The van der Waals surface area contributed by atoms with Gasteiger partial charge in [-0.25, -0.2) is 0 Å². The molecule has 38 heavy (non-hydrogen) atoms. The Kier molecular flexibility index (Phi) is 6.25. The van der Waals surface area contributed by atoms with E-state index in [0.29, 0.717) is 31.3 Å². The Balaban J connectivity index is 1.49. The smallest absolute Gasteiger partial charge is 0.281 e. The second-order valence-electron chi connectivity index (χ2n) is 12.5. The van der Waals surface area contributed by atoms with Crippen molar-refractivity contribution >= 4 is 17.3 Å². The summed E-state index contributed by atoms with van der Waals surface area (Å²) in [4.78, 5) is 28.2. The Morgan fingerprint density at radius 1 is 1.05 bits per heavy atom. The van der Waals surface area contributed by atoms with E-state index in [1.807, 2.05) is 19.9 Å². The second kappa shape index (κ2) is 9.14. The van der Waals surface area contributed by atoms with Gasteiger partial charge < -0.3 is 19.1 Å².